The van der Waals surface area contributed by atoms with E-state index in [4.69, 9.17) is 14.6 Å². The van der Waals surface area contributed by atoms with Gasteiger partial charge in [-0.25, -0.2) is 0 Å². The van der Waals surface area contributed by atoms with Crippen LogP contribution in [0.1, 0.15) is 58.8 Å². The number of aliphatic carboxylic acids is 1. The normalized spacial score (nSPS) is 17.8. The zero-order chi connectivity index (χ0) is 27.0. The molecule has 0 saturated heterocycles. The molecule has 1 fully saturated rings. The molecule has 2 atom stereocenters. The van der Waals surface area contributed by atoms with Gasteiger partial charge in [0.1, 0.15) is 25.1 Å². The molecule has 38 heavy (non-hydrogen) atoms. The van der Waals surface area contributed by atoms with Gasteiger partial charge in [-0.2, -0.15) is 9.97 Å². The summed E-state index contributed by atoms with van der Waals surface area (Å²) in [4.78, 5) is 20.4. The number of hydrogen-bond acceptors (Lipinski definition) is 7. The number of aromatic nitrogens is 2. The van der Waals surface area contributed by atoms with E-state index < -0.39 is 12.1 Å². The highest BCUT2D eigenvalue weighted by Gasteiger charge is 2.54. The van der Waals surface area contributed by atoms with Crippen molar-refractivity contribution in [3.8, 4) is 22.9 Å². The molecule has 3 N–H and O–H groups in total. The summed E-state index contributed by atoms with van der Waals surface area (Å²) in [7, 11) is 0. The van der Waals surface area contributed by atoms with Gasteiger partial charge in [-0.05, 0) is 85.4 Å². The maximum atomic E-state index is 11.4. The fourth-order valence-corrected chi connectivity index (χ4v) is 5.82. The molecule has 1 aromatic heterocycles. The van der Waals surface area contributed by atoms with Gasteiger partial charge in [0.25, 0.3) is 0 Å². The standard InChI is InChI=1S/C30H34N2O6/c1-17-20(5-4-6-24(17)28-18(2)31-29(32-19(28)3)38-16-22(34)14-33)15-37-23-7-8-25-21(11-23)13-30(9-10-30)26(25)12-27(35)36/h4-8,11,22,26,33-34H,9-10,12-16H2,1-3H3,(H,35,36)/t22-,26?/m0/s1. The van der Waals surface area contributed by atoms with Gasteiger partial charge in [-0.15, -0.1) is 0 Å². The average Bonchev–Trinajstić information content (AvgIpc) is 3.59. The molecule has 1 heterocycles. The molecule has 8 nitrogen and oxygen atoms in total. The molecule has 0 amide bonds. The van der Waals surface area contributed by atoms with E-state index in [0.717, 1.165) is 58.7 Å². The summed E-state index contributed by atoms with van der Waals surface area (Å²) in [6.45, 7) is 5.80. The number of nitrogens with zero attached hydrogens (tertiary/aromatic N) is 2. The molecule has 2 aliphatic carbocycles. The second-order valence-electron chi connectivity index (χ2n) is 10.6. The maximum Gasteiger partial charge on any atom is 0.316 e. The van der Waals surface area contributed by atoms with Gasteiger partial charge in [-0.3, -0.25) is 4.79 Å². The molecular weight excluding hydrogens is 484 g/mol. The van der Waals surface area contributed by atoms with Gasteiger partial charge in [0.05, 0.1) is 24.4 Å². The van der Waals surface area contributed by atoms with E-state index >= 15 is 0 Å². The van der Waals surface area contributed by atoms with E-state index in [9.17, 15) is 15.0 Å². The lowest BCUT2D eigenvalue weighted by atomic mass is 9.87. The van der Waals surface area contributed by atoms with Gasteiger partial charge >= 0.3 is 12.0 Å². The van der Waals surface area contributed by atoms with Crippen LogP contribution in [0, 0.1) is 26.2 Å². The van der Waals surface area contributed by atoms with E-state index in [1.807, 2.05) is 38.1 Å². The van der Waals surface area contributed by atoms with Crippen molar-refractivity contribution in [3.05, 3.63) is 70.0 Å². The minimum absolute atomic E-state index is 0.0789. The third-order valence-electron chi connectivity index (χ3n) is 8.02. The summed E-state index contributed by atoms with van der Waals surface area (Å²) >= 11 is 0. The molecule has 8 heteroatoms. The van der Waals surface area contributed by atoms with Crippen molar-refractivity contribution in [1.82, 2.24) is 9.97 Å². The quantitative estimate of drug-likeness (QED) is 0.364. The van der Waals surface area contributed by atoms with Crippen LogP contribution >= 0.6 is 0 Å². The van der Waals surface area contributed by atoms with Crippen molar-refractivity contribution in [3.63, 3.8) is 0 Å². The van der Waals surface area contributed by atoms with Crippen LogP contribution in [-0.4, -0.2) is 50.6 Å². The summed E-state index contributed by atoms with van der Waals surface area (Å²) in [5.74, 6) is 0.166. The van der Waals surface area contributed by atoms with Crippen LogP contribution in [0.4, 0.5) is 0 Å². The van der Waals surface area contributed by atoms with E-state index in [1.165, 1.54) is 11.1 Å². The molecule has 0 aliphatic heterocycles. The molecule has 3 aromatic rings. The molecule has 1 saturated carbocycles. The first-order valence-electron chi connectivity index (χ1n) is 13.0. The molecule has 2 aromatic carbocycles. The number of aliphatic hydroxyl groups excluding tert-OH is 2. The molecule has 1 spiro atoms. The zero-order valence-corrected chi connectivity index (χ0v) is 22.0. The van der Waals surface area contributed by atoms with Gasteiger partial charge in [0.15, 0.2) is 0 Å². The largest absolute Gasteiger partial charge is 0.489 e. The smallest absolute Gasteiger partial charge is 0.316 e. The monoisotopic (exact) mass is 518 g/mol. The highest BCUT2D eigenvalue weighted by Crippen LogP contribution is 2.64. The number of carboxylic acid groups (broad SMARTS) is 1. The maximum absolute atomic E-state index is 11.4. The summed E-state index contributed by atoms with van der Waals surface area (Å²) in [5, 5.41) is 27.9. The van der Waals surface area contributed by atoms with Crippen LogP contribution < -0.4 is 9.47 Å². The summed E-state index contributed by atoms with van der Waals surface area (Å²) in [6.07, 6.45) is 2.34. The van der Waals surface area contributed by atoms with Crippen molar-refractivity contribution >= 4 is 5.97 Å². The number of rotatable bonds is 10. The number of hydrogen-bond donors (Lipinski definition) is 3. The van der Waals surface area contributed by atoms with Gasteiger partial charge < -0.3 is 24.8 Å². The molecule has 0 bridgehead atoms. The summed E-state index contributed by atoms with van der Waals surface area (Å²) in [5.41, 5.74) is 8.11. The minimum atomic E-state index is -0.982. The summed E-state index contributed by atoms with van der Waals surface area (Å²) < 4.78 is 11.7. The number of carboxylic acids is 1. The predicted molar refractivity (Wildman–Crippen MR) is 141 cm³/mol. The number of ether oxygens (including phenoxy) is 2. The minimum Gasteiger partial charge on any atom is -0.489 e. The topological polar surface area (TPSA) is 122 Å². The molecule has 1 unspecified atom stereocenters. The molecule has 5 rings (SSSR count). The Labute approximate surface area is 222 Å². The SMILES string of the molecule is Cc1nc(OC[C@@H](O)CO)nc(C)c1-c1cccc(COc2ccc3c(c2)CC2(CC2)C3CC(=O)O)c1C. The van der Waals surface area contributed by atoms with Crippen LogP contribution in [0.2, 0.25) is 0 Å². The van der Waals surface area contributed by atoms with E-state index in [0.29, 0.717) is 6.61 Å². The Kier molecular flexibility index (Phi) is 7.11. The Hall–Kier alpha value is -3.49. The molecule has 200 valence electrons. The Morgan fingerprint density at radius 3 is 2.50 bits per heavy atom. The van der Waals surface area contributed by atoms with Crippen molar-refractivity contribution in [2.24, 2.45) is 5.41 Å². The third-order valence-corrected chi connectivity index (χ3v) is 8.02. The summed E-state index contributed by atoms with van der Waals surface area (Å²) in [6, 6.07) is 12.4. The van der Waals surface area contributed by atoms with Gasteiger partial charge in [0.2, 0.25) is 0 Å². The number of benzene rings is 2. The van der Waals surface area contributed by atoms with Crippen molar-refractivity contribution in [1.29, 1.82) is 0 Å². The Balaban J connectivity index is 1.33. The number of carbonyl (C=O) groups is 1. The highest BCUT2D eigenvalue weighted by molar-refractivity contribution is 5.72. The second-order valence-corrected chi connectivity index (χ2v) is 10.6. The number of fused-ring (bicyclic) bond motifs is 1. The first kappa shape index (κ1) is 26.1. The van der Waals surface area contributed by atoms with Crippen LogP contribution in [-0.2, 0) is 17.8 Å². The zero-order valence-electron chi connectivity index (χ0n) is 22.0. The van der Waals surface area contributed by atoms with Gasteiger partial charge in [-0.1, -0.05) is 24.3 Å². The highest BCUT2D eigenvalue weighted by atomic mass is 16.5. The van der Waals surface area contributed by atoms with Crippen LogP contribution in [0.5, 0.6) is 11.8 Å². The fourth-order valence-electron chi connectivity index (χ4n) is 5.82. The molecule has 0 radical (unpaired) electrons. The van der Waals surface area contributed by atoms with Crippen molar-refractivity contribution in [2.75, 3.05) is 13.2 Å². The van der Waals surface area contributed by atoms with Crippen molar-refractivity contribution < 1.29 is 29.6 Å². The second kappa shape index (κ2) is 10.3. The van der Waals surface area contributed by atoms with E-state index in [-0.39, 0.29) is 37.0 Å². The first-order valence-corrected chi connectivity index (χ1v) is 13.0. The van der Waals surface area contributed by atoms with Crippen LogP contribution in [0.3, 0.4) is 0 Å². The number of aryl methyl sites for hydroxylation is 2. The average molecular weight is 519 g/mol. The number of aliphatic hydroxyl groups is 2. The lowest BCUT2D eigenvalue weighted by Gasteiger charge is -2.17. The Morgan fingerprint density at radius 1 is 1.11 bits per heavy atom. The first-order chi connectivity index (χ1) is 18.2. The van der Waals surface area contributed by atoms with Gasteiger partial charge in [0, 0.05) is 11.5 Å². The Morgan fingerprint density at radius 2 is 1.84 bits per heavy atom. The lowest BCUT2D eigenvalue weighted by Crippen LogP contribution is -2.22. The Bertz CT molecular complexity index is 1340. The third kappa shape index (κ3) is 5.11. The predicted octanol–water partition coefficient (Wildman–Crippen LogP) is 4.27. The van der Waals surface area contributed by atoms with E-state index in [2.05, 4.69) is 29.0 Å². The lowest BCUT2D eigenvalue weighted by molar-refractivity contribution is -0.137. The van der Waals surface area contributed by atoms with Crippen LogP contribution in [0.15, 0.2) is 36.4 Å². The molecule has 2 aliphatic rings. The van der Waals surface area contributed by atoms with Crippen molar-refractivity contribution in [2.45, 2.75) is 65.1 Å². The van der Waals surface area contributed by atoms with Crippen LogP contribution in [0.25, 0.3) is 11.1 Å². The van der Waals surface area contributed by atoms with E-state index in [1.54, 1.807) is 0 Å². The molecular formula is C30H34N2O6. The fraction of sp³-hybridized carbons (Fsp3) is 0.433.